The molecule has 5 nitrogen and oxygen atoms in total. The summed E-state index contributed by atoms with van der Waals surface area (Å²) in [6, 6.07) is 0.942. The van der Waals surface area contributed by atoms with Crippen molar-refractivity contribution in [2.45, 2.75) is 38.6 Å². The smallest absolute Gasteiger partial charge is 0.164 e. The summed E-state index contributed by atoms with van der Waals surface area (Å²) in [5.74, 6) is 1.17. The van der Waals surface area contributed by atoms with Gasteiger partial charge in [-0.05, 0) is 34.8 Å². The summed E-state index contributed by atoms with van der Waals surface area (Å²) >= 11 is 3.38. The third-order valence-corrected chi connectivity index (χ3v) is 5.98. The van der Waals surface area contributed by atoms with E-state index in [1.807, 2.05) is 6.92 Å². The molecular weight excluding hydrogens is 363 g/mol. The summed E-state index contributed by atoms with van der Waals surface area (Å²) in [6.45, 7) is 4.64. The molecule has 120 valence electrons. The molecule has 2 atom stereocenters. The highest BCUT2D eigenvalue weighted by Gasteiger charge is 2.40. The minimum Gasteiger partial charge on any atom is -0.372 e. The molecule has 1 aromatic heterocycles. The minimum atomic E-state index is -0.307. The van der Waals surface area contributed by atoms with Gasteiger partial charge in [-0.2, -0.15) is 0 Å². The molecule has 1 aromatic carbocycles. The maximum Gasteiger partial charge on any atom is 0.164 e. The van der Waals surface area contributed by atoms with E-state index in [1.165, 1.54) is 0 Å². The van der Waals surface area contributed by atoms with Gasteiger partial charge in [0.1, 0.15) is 17.2 Å². The molecule has 0 aliphatic carbocycles. The second-order valence-corrected chi connectivity index (χ2v) is 7.34. The molecule has 1 N–H and O–H groups in total. The lowest BCUT2D eigenvalue weighted by atomic mass is 10.0. The van der Waals surface area contributed by atoms with E-state index >= 15 is 0 Å². The number of halogens is 2. The van der Waals surface area contributed by atoms with Gasteiger partial charge < -0.3 is 15.0 Å². The molecule has 23 heavy (non-hydrogen) atoms. The highest BCUT2D eigenvalue weighted by atomic mass is 79.9. The Morgan fingerprint density at radius 1 is 1.30 bits per heavy atom. The fourth-order valence-electron chi connectivity index (χ4n) is 4.11. The van der Waals surface area contributed by atoms with Gasteiger partial charge in [-0.25, -0.2) is 14.4 Å². The Morgan fingerprint density at radius 3 is 2.87 bits per heavy atom. The van der Waals surface area contributed by atoms with Crippen LogP contribution in [0, 0.1) is 12.7 Å². The fraction of sp³-hybridized carbons (Fsp3) is 0.500. The molecule has 2 fully saturated rings. The van der Waals surface area contributed by atoms with Crippen molar-refractivity contribution >= 4 is 32.7 Å². The van der Waals surface area contributed by atoms with Crippen LogP contribution in [0.4, 0.5) is 10.2 Å². The topological polar surface area (TPSA) is 50.3 Å². The van der Waals surface area contributed by atoms with Crippen LogP contribution in [0.15, 0.2) is 4.47 Å². The number of aromatic nitrogens is 2. The number of fused-ring (bicyclic) bond motifs is 5. The maximum atomic E-state index is 14.9. The highest BCUT2D eigenvalue weighted by Crippen LogP contribution is 2.41. The first kappa shape index (κ1) is 14.1. The number of ether oxygens (including phenoxy) is 1. The number of aryl methyl sites for hydroxylation is 1. The Balaban J connectivity index is 1.82. The van der Waals surface area contributed by atoms with Crippen LogP contribution in [0.1, 0.15) is 23.4 Å². The van der Waals surface area contributed by atoms with E-state index in [9.17, 15) is 4.39 Å². The number of benzene rings is 1. The normalized spacial score (nSPS) is 25.6. The molecular formula is C16H16BrFN4O. The first-order valence-corrected chi connectivity index (χ1v) is 8.67. The van der Waals surface area contributed by atoms with E-state index in [1.54, 1.807) is 0 Å². The largest absolute Gasteiger partial charge is 0.372 e. The molecule has 7 heteroatoms. The summed E-state index contributed by atoms with van der Waals surface area (Å²) in [7, 11) is 0. The van der Waals surface area contributed by atoms with E-state index in [2.05, 4.69) is 31.1 Å². The predicted octanol–water partition coefficient (Wildman–Crippen LogP) is 2.42. The van der Waals surface area contributed by atoms with Crippen LogP contribution in [0.2, 0.25) is 0 Å². The average Bonchev–Trinajstić information content (AvgIpc) is 3.27. The van der Waals surface area contributed by atoms with Gasteiger partial charge in [0.2, 0.25) is 0 Å². The number of rotatable bonds is 1. The summed E-state index contributed by atoms with van der Waals surface area (Å²) in [6.07, 6.45) is 1.13. The SMILES string of the molecule is Cc1nc(N2C[C@H]3C[C@@H]2CN3)c2c3c(c(Br)c(F)c2n1)COC3. The Labute approximate surface area is 141 Å². The molecule has 2 saturated heterocycles. The lowest BCUT2D eigenvalue weighted by Crippen LogP contribution is -2.44. The monoisotopic (exact) mass is 378 g/mol. The summed E-state index contributed by atoms with van der Waals surface area (Å²) < 4.78 is 20.9. The fourth-order valence-corrected chi connectivity index (χ4v) is 4.65. The van der Waals surface area contributed by atoms with Gasteiger partial charge in [0, 0.05) is 30.7 Å². The Bertz CT molecular complexity index is 843. The summed E-state index contributed by atoms with van der Waals surface area (Å²) in [5.41, 5.74) is 2.32. The standard InChI is InChI=1S/C16H16BrFN4O/c1-7-20-15-12(10-5-23-6-11(10)13(17)14(15)18)16(21-7)22-4-8-2-9(22)3-19-8/h8-9,19H,2-6H2,1H3/t8-,9-/m1/s1. The number of anilines is 1. The molecule has 0 saturated carbocycles. The Hall–Kier alpha value is -1.31. The molecule has 5 rings (SSSR count). The minimum absolute atomic E-state index is 0.307. The Kier molecular flexibility index (Phi) is 2.96. The van der Waals surface area contributed by atoms with E-state index in [-0.39, 0.29) is 5.82 Å². The molecule has 0 unspecified atom stereocenters. The lowest BCUT2D eigenvalue weighted by Gasteiger charge is -2.30. The van der Waals surface area contributed by atoms with E-state index < -0.39 is 0 Å². The molecule has 2 bridgehead atoms. The lowest BCUT2D eigenvalue weighted by molar-refractivity contribution is 0.134. The Morgan fingerprint density at radius 2 is 2.13 bits per heavy atom. The van der Waals surface area contributed by atoms with Crippen molar-refractivity contribution in [1.82, 2.24) is 15.3 Å². The predicted molar refractivity (Wildman–Crippen MR) is 88.0 cm³/mol. The zero-order valence-electron chi connectivity index (χ0n) is 12.7. The van der Waals surface area contributed by atoms with Crippen molar-refractivity contribution in [2.24, 2.45) is 0 Å². The van der Waals surface area contributed by atoms with Gasteiger partial charge in [0.15, 0.2) is 5.82 Å². The number of piperazine rings is 1. The highest BCUT2D eigenvalue weighted by molar-refractivity contribution is 9.10. The van der Waals surface area contributed by atoms with Gasteiger partial charge in [-0.15, -0.1) is 0 Å². The van der Waals surface area contributed by atoms with Crippen LogP contribution >= 0.6 is 15.9 Å². The molecule has 3 aliphatic rings. The maximum absolute atomic E-state index is 14.9. The molecule has 3 aliphatic heterocycles. The van der Waals surface area contributed by atoms with Crippen molar-refractivity contribution in [3.05, 3.63) is 27.2 Å². The van der Waals surface area contributed by atoms with Gasteiger partial charge >= 0.3 is 0 Å². The molecule has 0 spiro atoms. The zero-order chi connectivity index (χ0) is 15.7. The van der Waals surface area contributed by atoms with Gasteiger partial charge in [-0.1, -0.05) is 0 Å². The molecule has 2 aromatic rings. The average molecular weight is 379 g/mol. The van der Waals surface area contributed by atoms with Crippen LogP contribution in [0.5, 0.6) is 0 Å². The van der Waals surface area contributed by atoms with Gasteiger partial charge in [0.25, 0.3) is 0 Å². The van der Waals surface area contributed by atoms with Crippen LogP contribution in [-0.4, -0.2) is 35.1 Å². The number of nitrogens with one attached hydrogen (secondary N) is 1. The van der Waals surface area contributed by atoms with E-state index in [0.29, 0.717) is 41.1 Å². The van der Waals surface area contributed by atoms with Crippen molar-refractivity contribution in [3.63, 3.8) is 0 Å². The molecule has 0 amide bonds. The van der Waals surface area contributed by atoms with Crippen molar-refractivity contribution in [1.29, 1.82) is 0 Å². The van der Waals surface area contributed by atoms with Crippen molar-refractivity contribution in [3.8, 4) is 0 Å². The van der Waals surface area contributed by atoms with E-state index in [0.717, 1.165) is 41.8 Å². The number of nitrogens with zero attached hydrogens (tertiary/aromatic N) is 3. The zero-order valence-corrected chi connectivity index (χ0v) is 14.3. The van der Waals surface area contributed by atoms with Crippen LogP contribution in [0.3, 0.4) is 0 Å². The quantitative estimate of drug-likeness (QED) is 0.825. The van der Waals surface area contributed by atoms with Crippen LogP contribution in [-0.2, 0) is 18.0 Å². The number of hydrogen-bond donors (Lipinski definition) is 1. The first-order chi connectivity index (χ1) is 11.1. The third kappa shape index (κ3) is 1.90. The van der Waals surface area contributed by atoms with Gasteiger partial charge in [0.05, 0.1) is 23.1 Å². The molecule has 0 radical (unpaired) electrons. The number of hydrogen-bond acceptors (Lipinski definition) is 5. The first-order valence-electron chi connectivity index (χ1n) is 7.88. The third-order valence-electron chi connectivity index (χ3n) is 5.15. The van der Waals surface area contributed by atoms with Crippen LogP contribution < -0.4 is 10.2 Å². The van der Waals surface area contributed by atoms with Gasteiger partial charge in [-0.3, -0.25) is 0 Å². The van der Waals surface area contributed by atoms with Crippen molar-refractivity contribution in [2.75, 3.05) is 18.0 Å². The van der Waals surface area contributed by atoms with E-state index in [4.69, 9.17) is 9.72 Å². The van der Waals surface area contributed by atoms with Crippen molar-refractivity contribution < 1.29 is 9.13 Å². The summed E-state index contributed by atoms with van der Waals surface area (Å²) in [4.78, 5) is 11.4. The summed E-state index contributed by atoms with van der Waals surface area (Å²) in [5, 5.41) is 4.33. The van der Waals surface area contributed by atoms with Crippen LogP contribution in [0.25, 0.3) is 10.9 Å². The second kappa shape index (κ2) is 4.84. The molecule has 4 heterocycles. The second-order valence-electron chi connectivity index (χ2n) is 6.54.